The van der Waals surface area contributed by atoms with Crippen molar-refractivity contribution in [1.82, 2.24) is 4.90 Å². The molecule has 15 heavy (non-hydrogen) atoms. The van der Waals surface area contributed by atoms with E-state index in [1.807, 2.05) is 6.07 Å². The van der Waals surface area contributed by atoms with Gasteiger partial charge in [0.25, 0.3) is 0 Å². The van der Waals surface area contributed by atoms with Gasteiger partial charge >= 0.3 is 0 Å². The summed E-state index contributed by atoms with van der Waals surface area (Å²) in [6.07, 6.45) is 2.39. The van der Waals surface area contributed by atoms with E-state index >= 15 is 0 Å². The van der Waals surface area contributed by atoms with Crippen molar-refractivity contribution in [3.63, 3.8) is 0 Å². The van der Waals surface area contributed by atoms with Gasteiger partial charge < -0.3 is 0 Å². The number of nitrogens with zero attached hydrogens (tertiary/aromatic N) is 2. The minimum Gasteiger partial charge on any atom is -0.284 e. The zero-order valence-corrected chi connectivity index (χ0v) is 11.2. The monoisotopic (exact) mass is 304 g/mol. The van der Waals surface area contributed by atoms with E-state index in [-0.39, 0.29) is 6.04 Å². The Morgan fingerprint density at radius 1 is 1.53 bits per heavy atom. The van der Waals surface area contributed by atoms with Crippen molar-refractivity contribution in [3.05, 3.63) is 19.8 Å². The van der Waals surface area contributed by atoms with Crippen LogP contribution in [-0.4, -0.2) is 18.0 Å². The van der Waals surface area contributed by atoms with Crippen LogP contribution >= 0.6 is 38.9 Å². The highest BCUT2D eigenvalue weighted by atomic mass is 79.9. The molecule has 5 heteroatoms. The van der Waals surface area contributed by atoms with Gasteiger partial charge in [-0.3, -0.25) is 4.90 Å². The second-order valence-electron chi connectivity index (χ2n) is 3.55. The first-order chi connectivity index (χ1) is 7.22. The fourth-order valence-corrected chi connectivity index (χ4v) is 3.64. The second kappa shape index (κ2) is 4.84. The maximum atomic E-state index is 9.20. The lowest BCUT2D eigenvalue weighted by atomic mass is 10.2. The van der Waals surface area contributed by atoms with Crippen molar-refractivity contribution in [2.45, 2.75) is 18.9 Å². The van der Waals surface area contributed by atoms with E-state index < -0.39 is 0 Å². The number of hydrogen-bond acceptors (Lipinski definition) is 3. The van der Waals surface area contributed by atoms with Crippen LogP contribution in [0.25, 0.3) is 0 Å². The summed E-state index contributed by atoms with van der Waals surface area (Å²) in [5.41, 5.74) is 0. The van der Waals surface area contributed by atoms with Gasteiger partial charge in [-0.25, -0.2) is 0 Å². The predicted octanol–water partition coefficient (Wildman–Crippen LogP) is 3.82. The van der Waals surface area contributed by atoms with E-state index in [0.29, 0.717) is 0 Å². The number of thiophene rings is 1. The smallest absolute Gasteiger partial charge is 0.133 e. The van der Waals surface area contributed by atoms with E-state index in [0.717, 1.165) is 26.8 Å². The number of nitriles is 1. The van der Waals surface area contributed by atoms with Gasteiger partial charge in [0.05, 0.1) is 6.07 Å². The Morgan fingerprint density at radius 2 is 2.20 bits per heavy atom. The molecule has 0 aromatic carbocycles. The number of hydrogen-bond donors (Lipinski definition) is 0. The Balaban J connectivity index is 2.23. The molecule has 1 aromatic heterocycles. The van der Waals surface area contributed by atoms with Crippen molar-refractivity contribution < 1.29 is 0 Å². The quantitative estimate of drug-likeness (QED) is 0.830. The summed E-state index contributed by atoms with van der Waals surface area (Å²) in [6, 6.07) is 4.19. The van der Waals surface area contributed by atoms with Crippen LogP contribution in [0.1, 0.15) is 23.8 Å². The minimum absolute atomic E-state index is 0.124. The Morgan fingerprint density at radius 3 is 2.67 bits per heavy atom. The molecule has 2 rings (SSSR count). The van der Waals surface area contributed by atoms with E-state index in [2.05, 4.69) is 26.9 Å². The zero-order valence-electron chi connectivity index (χ0n) is 8.04. The van der Waals surface area contributed by atoms with Gasteiger partial charge in [0.15, 0.2) is 0 Å². The SMILES string of the molecule is N#CC(c1cc(Br)c(Cl)s1)N1CCCC1. The van der Waals surface area contributed by atoms with Crippen LogP contribution in [0, 0.1) is 11.3 Å². The fourth-order valence-electron chi connectivity index (χ4n) is 1.82. The maximum absolute atomic E-state index is 9.20. The molecule has 1 aliphatic heterocycles. The average Bonchev–Trinajstić information content (AvgIpc) is 2.80. The molecule has 1 aromatic rings. The van der Waals surface area contributed by atoms with Gasteiger partial charge in [0.2, 0.25) is 0 Å². The maximum Gasteiger partial charge on any atom is 0.133 e. The molecule has 0 saturated carbocycles. The summed E-state index contributed by atoms with van der Waals surface area (Å²) in [4.78, 5) is 3.26. The molecule has 0 bridgehead atoms. The highest BCUT2D eigenvalue weighted by Gasteiger charge is 2.25. The standard InChI is InChI=1S/C10H10BrClN2S/c11-7-5-9(15-10(7)12)8(6-13)14-3-1-2-4-14/h5,8H,1-4H2. The number of likely N-dealkylation sites (tertiary alicyclic amines) is 1. The highest BCUT2D eigenvalue weighted by Crippen LogP contribution is 2.37. The summed E-state index contributed by atoms with van der Waals surface area (Å²) < 4.78 is 1.62. The third-order valence-corrected chi connectivity index (χ3v) is 5.09. The van der Waals surface area contributed by atoms with Crippen LogP contribution in [0.3, 0.4) is 0 Å². The van der Waals surface area contributed by atoms with Gasteiger partial charge in [0.1, 0.15) is 10.4 Å². The normalized spacial score (nSPS) is 19.0. The minimum atomic E-state index is -0.124. The molecule has 1 unspecified atom stereocenters. The van der Waals surface area contributed by atoms with E-state index in [1.54, 1.807) is 0 Å². The van der Waals surface area contributed by atoms with Crippen molar-refractivity contribution in [2.75, 3.05) is 13.1 Å². The van der Waals surface area contributed by atoms with Crippen LogP contribution in [0.5, 0.6) is 0 Å². The fraction of sp³-hybridized carbons (Fsp3) is 0.500. The van der Waals surface area contributed by atoms with E-state index in [9.17, 15) is 5.26 Å². The molecular formula is C10H10BrClN2S. The molecule has 0 radical (unpaired) electrons. The first-order valence-corrected chi connectivity index (χ1v) is 6.79. The van der Waals surface area contributed by atoms with Crippen LogP contribution < -0.4 is 0 Å². The summed E-state index contributed by atoms with van der Waals surface area (Å²) in [5.74, 6) is 0. The van der Waals surface area contributed by atoms with E-state index in [4.69, 9.17) is 11.6 Å². The van der Waals surface area contributed by atoms with Crippen LogP contribution in [0.4, 0.5) is 0 Å². The lowest BCUT2D eigenvalue weighted by Gasteiger charge is -2.19. The molecule has 80 valence electrons. The molecule has 2 nitrogen and oxygen atoms in total. The Bertz CT molecular complexity index is 373. The topological polar surface area (TPSA) is 27.0 Å². The first-order valence-electron chi connectivity index (χ1n) is 4.81. The third-order valence-electron chi connectivity index (χ3n) is 2.56. The Hall–Kier alpha value is -0.0800. The first kappa shape index (κ1) is 11.4. The van der Waals surface area contributed by atoms with Crippen LogP contribution in [0.2, 0.25) is 4.34 Å². The van der Waals surface area contributed by atoms with E-state index in [1.165, 1.54) is 24.2 Å². The third kappa shape index (κ3) is 2.36. The lowest BCUT2D eigenvalue weighted by Crippen LogP contribution is -2.23. The van der Waals surface area contributed by atoms with Crippen LogP contribution in [0.15, 0.2) is 10.5 Å². The molecule has 0 N–H and O–H groups in total. The van der Waals surface area contributed by atoms with Gasteiger partial charge in [-0.2, -0.15) is 5.26 Å². The van der Waals surface area contributed by atoms with Crippen LogP contribution in [-0.2, 0) is 0 Å². The zero-order chi connectivity index (χ0) is 10.8. The molecule has 1 aliphatic rings. The molecule has 1 fully saturated rings. The highest BCUT2D eigenvalue weighted by molar-refractivity contribution is 9.10. The molecular weight excluding hydrogens is 296 g/mol. The number of rotatable bonds is 2. The van der Waals surface area contributed by atoms with Crippen molar-refractivity contribution in [2.24, 2.45) is 0 Å². The molecule has 2 heterocycles. The van der Waals surface area contributed by atoms with Gasteiger partial charge in [-0.05, 0) is 47.9 Å². The Kier molecular flexibility index (Phi) is 3.68. The molecule has 1 atom stereocenters. The van der Waals surface area contributed by atoms with Gasteiger partial charge in [-0.15, -0.1) is 11.3 Å². The number of halogens is 2. The molecule has 0 aliphatic carbocycles. The van der Waals surface area contributed by atoms with Crippen molar-refractivity contribution in [1.29, 1.82) is 5.26 Å². The molecule has 1 saturated heterocycles. The molecule has 0 amide bonds. The molecule has 0 spiro atoms. The van der Waals surface area contributed by atoms with Gasteiger partial charge in [-0.1, -0.05) is 11.6 Å². The largest absolute Gasteiger partial charge is 0.284 e. The summed E-state index contributed by atoms with van der Waals surface area (Å²) in [7, 11) is 0. The van der Waals surface area contributed by atoms with Crippen molar-refractivity contribution >= 4 is 38.9 Å². The summed E-state index contributed by atoms with van der Waals surface area (Å²) >= 11 is 10.8. The average molecular weight is 306 g/mol. The summed E-state index contributed by atoms with van der Waals surface area (Å²) in [6.45, 7) is 2.04. The second-order valence-corrected chi connectivity index (χ2v) is 6.09. The lowest BCUT2D eigenvalue weighted by molar-refractivity contribution is 0.297. The summed E-state index contributed by atoms with van der Waals surface area (Å²) in [5, 5.41) is 9.20. The van der Waals surface area contributed by atoms with Gasteiger partial charge in [0, 0.05) is 9.35 Å². The predicted molar refractivity (Wildman–Crippen MR) is 66.2 cm³/mol. The van der Waals surface area contributed by atoms with Crippen molar-refractivity contribution in [3.8, 4) is 6.07 Å². The Labute approximate surface area is 107 Å².